The summed E-state index contributed by atoms with van der Waals surface area (Å²) in [5.41, 5.74) is 0. The molecule has 38 heavy (non-hydrogen) atoms. The third-order valence-corrected chi connectivity index (χ3v) is 18.1. The third kappa shape index (κ3) is 2.34. The number of pyridine rings is 4. The van der Waals surface area contributed by atoms with Gasteiger partial charge in [0.2, 0.25) is 0 Å². The molecule has 0 amide bonds. The number of hydrogen-bond donors (Lipinski definition) is 4. The van der Waals surface area contributed by atoms with Crippen molar-refractivity contribution in [2.75, 3.05) is 0 Å². The predicted molar refractivity (Wildman–Crippen MR) is 133 cm³/mol. The molecule has 0 aromatic carbocycles. The number of carboxylic acid groups (broad SMARTS) is 1. The standard InChI is InChI=1S/4C5H4N.2CN.CHO2.Co.H2N.H2O4S/c4*1-2-4-6-5-3-1;2*1-2;2-1-3;;;1-5(2,3)4/h4*1-4H;;;(H,2,3);;1H2;(H2,1,2,3,4)/q;;;;;;;+1;-1;. The van der Waals surface area contributed by atoms with Crippen LogP contribution in [0.1, 0.15) is 0 Å². The predicted octanol–water partition coefficient (Wildman–Crippen LogP) is 0.0262. The van der Waals surface area contributed by atoms with E-state index in [1.54, 1.807) is 0 Å². The van der Waals surface area contributed by atoms with Gasteiger partial charge in [0.15, 0.2) is 0 Å². The Morgan fingerprint density at radius 3 is 1.05 bits per heavy atom. The molecule has 15 heteroatoms. The van der Waals surface area contributed by atoms with Gasteiger partial charge in [0.05, 0.1) is 0 Å². The maximum Gasteiger partial charge on any atom is 0.394 e. The molecule has 5 N–H and O–H groups in total. The summed E-state index contributed by atoms with van der Waals surface area (Å²) in [6.45, 7) is 0. The molecule has 0 radical (unpaired) electrons. The quantitative estimate of drug-likeness (QED) is 0.227. The third-order valence-electron chi connectivity index (χ3n) is 5.95. The number of carbonyl (C=O) groups is 1. The molecule has 0 unspecified atom stereocenters. The second kappa shape index (κ2) is 7.24. The minimum absolute atomic E-state index is 0.540. The number of rotatable bonds is 5. The van der Waals surface area contributed by atoms with Crippen LogP contribution in [0.15, 0.2) is 97.6 Å². The van der Waals surface area contributed by atoms with Gasteiger partial charge in [-0.15, -0.1) is 0 Å². The summed E-state index contributed by atoms with van der Waals surface area (Å²) in [5.74, 6) is 0. The van der Waals surface area contributed by atoms with E-state index < -0.39 is 42.5 Å². The van der Waals surface area contributed by atoms with E-state index in [0.717, 1.165) is 0 Å². The maximum absolute atomic E-state index is 14.3. The van der Waals surface area contributed by atoms with Gasteiger partial charge in [-0.1, -0.05) is 0 Å². The Kier molecular flexibility index (Phi) is 5.33. The number of nitrogens with two attached hydrogens (primary N) is 1. The van der Waals surface area contributed by atoms with Crippen LogP contribution in [0.5, 0.6) is 0 Å². The first kappa shape index (κ1) is 28.0. The first-order valence-corrected chi connectivity index (χ1v) is 15.7. The van der Waals surface area contributed by atoms with Crippen molar-refractivity contribution in [3.05, 3.63) is 97.6 Å². The topological polar surface area (TPSA) is 237 Å². The Hall–Kier alpha value is -4.61. The molecule has 4 aromatic heterocycles. The molecule has 0 atom stereocenters. The minimum Gasteiger partial charge on any atom is -0.264 e. The summed E-state index contributed by atoms with van der Waals surface area (Å²) in [5, 5.41) is 38.4. The molecule has 0 aliphatic rings. The van der Waals surface area contributed by atoms with Crippen LogP contribution in [0.3, 0.4) is 0 Å². The molecule has 13 nitrogen and oxygen atoms in total. The molecule has 199 valence electrons. The Morgan fingerprint density at radius 1 is 0.684 bits per heavy atom. The smallest absolute Gasteiger partial charge is 0.264 e. The van der Waals surface area contributed by atoms with E-state index in [2.05, 4.69) is 19.9 Å². The Labute approximate surface area is 212 Å². The number of hydrogen-bond acceptors (Lipinski definition) is 10. The van der Waals surface area contributed by atoms with Crippen LogP contribution >= 0.6 is 0 Å². The average Bonchev–Trinajstić information content (AvgIpc) is 2.95. The molecule has 0 aliphatic carbocycles. The molecule has 0 bridgehead atoms. The summed E-state index contributed by atoms with van der Waals surface area (Å²) >= 11 is 0. The van der Waals surface area contributed by atoms with Gasteiger partial charge in [-0.2, -0.15) is 8.42 Å². The fourth-order valence-electron chi connectivity index (χ4n) is 3.95. The van der Waals surface area contributed by atoms with Crippen molar-refractivity contribution in [1.82, 2.24) is 19.9 Å². The number of nitrogens with zero attached hydrogens (tertiary/aromatic N) is 6. The molecular formula is C23H21CoN7O6S. The normalized spacial score (nSPS) is 15.3. The van der Waals surface area contributed by atoms with Crippen LogP contribution in [0.2, 0.25) is 0 Å². The van der Waals surface area contributed by atoms with Crippen LogP contribution in [-0.4, -0.2) is 47.5 Å². The van der Waals surface area contributed by atoms with Crippen molar-refractivity contribution in [1.29, 1.82) is 10.5 Å². The van der Waals surface area contributed by atoms with Gasteiger partial charge in [0.1, 0.15) is 0 Å². The number of nitriles is 2. The van der Waals surface area contributed by atoms with E-state index in [-0.39, 0.29) is 0 Å². The van der Waals surface area contributed by atoms with Crippen molar-refractivity contribution in [2.24, 2.45) is 4.78 Å². The Bertz CT molecular complexity index is 1600. The average molecular weight is 582 g/mol. The molecule has 0 spiro atoms. The van der Waals surface area contributed by atoms with Crippen molar-refractivity contribution in [3.8, 4) is 10.0 Å². The minimum atomic E-state index is -8.62. The fraction of sp³-hybridized carbons (Fsp3) is 0. The van der Waals surface area contributed by atoms with Crippen LogP contribution in [-0.2, 0) is 19.1 Å². The van der Waals surface area contributed by atoms with E-state index in [0.29, 0.717) is 0 Å². The molecular weight excluding hydrogens is 561 g/mol. The summed E-state index contributed by atoms with van der Waals surface area (Å²) < 4.78 is 29.4. The zero-order chi connectivity index (χ0) is 28.3. The summed E-state index contributed by atoms with van der Waals surface area (Å²) in [6.07, 6.45) is 5.06. The first-order chi connectivity index (χ1) is 17.7. The van der Waals surface area contributed by atoms with Gasteiger partial charge < -0.3 is 0 Å². The fourth-order valence-corrected chi connectivity index (χ4v) is 12.8. The molecule has 0 saturated heterocycles. The molecule has 0 saturated carbocycles. The van der Waals surface area contributed by atoms with E-state index in [1.165, 1.54) is 97.6 Å². The van der Waals surface area contributed by atoms with Gasteiger partial charge >= 0.3 is 195 Å². The van der Waals surface area contributed by atoms with Gasteiger partial charge in [-0.25, -0.2) is 0 Å². The maximum atomic E-state index is 14.3. The zero-order valence-corrected chi connectivity index (χ0v) is 21.2. The second-order valence-electron chi connectivity index (χ2n) is 7.77. The Balaban J connectivity index is 0.000000732. The van der Waals surface area contributed by atoms with Gasteiger partial charge in [-0.3, -0.25) is 9.11 Å². The van der Waals surface area contributed by atoms with Crippen LogP contribution in [0.25, 0.3) is 0 Å². The number of aromatic nitrogens is 4. The summed E-state index contributed by atoms with van der Waals surface area (Å²) in [6, 6.07) is 16.9. The first-order valence-electron chi connectivity index (χ1n) is 10.0. The van der Waals surface area contributed by atoms with Crippen molar-refractivity contribution in [3.63, 3.8) is 0 Å². The van der Waals surface area contributed by atoms with Gasteiger partial charge in [-0.05, 0) is 0 Å². The van der Waals surface area contributed by atoms with Crippen LogP contribution < -0.4 is 23.3 Å². The van der Waals surface area contributed by atoms with E-state index >= 15 is 0 Å². The SMILES string of the molecule is N#[C][Co]([NH2])([C]#N)([C](=O)O)([c]1ccccn1)([c]1ccccn1)([c]1ccccn1)[c]1ccccn1.O=S(=O)(O)O. The molecule has 0 fully saturated rings. The van der Waals surface area contributed by atoms with Crippen LogP contribution in [0.4, 0.5) is 4.79 Å². The van der Waals surface area contributed by atoms with Gasteiger partial charge in [0, 0.05) is 0 Å². The molecule has 0 aliphatic heterocycles. The molecule has 4 aromatic rings. The van der Waals surface area contributed by atoms with Crippen molar-refractivity contribution < 1.29 is 36.1 Å². The Morgan fingerprint density at radius 2 is 0.921 bits per heavy atom. The van der Waals surface area contributed by atoms with E-state index in [9.17, 15) is 20.4 Å². The van der Waals surface area contributed by atoms with Crippen molar-refractivity contribution >= 4 is 33.8 Å². The van der Waals surface area contributed by atoms with Crippen molar-refractivity contribution in [2.45, 2.75) is 0 Å². The monoisotopic (exact) mass is 582 g/mol. The van der Waals surface area contributed by atoms with Crippen LogP contribution in [0, 0.1) is 20.5 Å². The summed E-state index contributed by atoms with van der Waals surface area (Å²) in [7, 11) is -13.3. The van der Waals surface area contributed by atoms with E-state index in [1.807, 2.05) is 10.0 Å². The van der Waals surface area contributed by atoms with E-state index in [4.69, 9.17) is 22.3 Å². The molecule has 4 rings (SSSR count). The molecule has 4 heterocycles. The zero-order valence-electron chi connectivity index (χ0n) is 19.3. The second-order valence-corrected chi connectivity index (χ2v) is 19.3. The largest absolute Gasteiger partial charge is 0.394 e. The summed E-state index contributed by atoms with van der Waals surface area (Å²) in [4.78, 5) is 37.2. The van der Waals surface area contributed by atoms with Gasteiger partial charge in [0.25, 0.3) is 0 Å².